The molecule has 0 fully saturated rings. The molecule has 0 bridgehead atoms. The normalized spacial score (nSPS) is 13.3. The third-order valence-electron chi connectivity index (χ3n) is 8.20. The number of allylic oxidation sites excluding steroid dienone is 4. The Balaban J connectivity index is 1.95. The van der Waals surface area contributed by atoms with E-state index in [4.69, 9.17) is 0 Å². The Morgan fingerprint density at radius 2 is 1.25 bits per heavy atom. The molecule has 36 heavy (non-hydrogen) atoms. The van der Waals surface area contributed by atoms with Crippen molar-refractivity contribution in [2.75, 3.05) is 0 Å². The van der Waals surface area contributed by atoms with Crippen molar-refractivity contribution in [1.82, 2.24) is 3.80 Å². The molecule has 3 aromatic carbocycles. The van der Waals surface area contributed by atoms with Crippen LogP contribution in [-0.4, -0.2) is 12.6 Å². The van der Waals surface area contributed by atoms with E-state index in [0.717, 1.165) is 23.1 Å². The van der Waals surface area contributed by atoms with Gasteiger partial charge in [0.2, 0.25) is 0 Å². The van der Waals surface area contributed by atoms with Gasteiger partial charge in [0, 0.05) is 0 Å². The average molecular weight is 530 g/mol. The Bertz CT molecular complexity index is 1320. The van der Waals surface area contributed by atoms with Gasteiger partial charge in [-0.3, -0.25) is 0 Å². The van der Waals surface area contributed by atoms with Crippen LogP contribution in [-0.2, 0) is 16.1 Å². The standard InChI is InChI=1S/C16H19NO.2C7H7.C2H7Si.Ti/c1-9-10(2)12(4)15(16(17)18)14(11(9)3)13-7-5-6-8-13;2*1-7-5-3-2-4-6-7;1-3-2;/h5-7H,8H2,1-4H3,(H2,17,18);2*3-6H,1H3;3H,1-2H3;/q;;;;+1/p-1. The van der Waals surface area contributed by atoms with E-state index in [1.165, 1.54) is 41.1 Å². The van der Waals surface area contributed by atoms with E-state index in [-0.39, 0.29) is 5.91 Å². The zero-order valence-electron chi connectivity index (χ0n) is 23.0. The molecule has 186 valence electrons. The quantitative estimate of drug-likeness (QED) is 0.373. The van der Waals surface area contributed by atoms with Gasteiger partial charge in [-0.2, -0.15) is 0 Å². The first-order valence-corrected chi connectivity index (χ1v) is 20.9. The van der Waals surface area contributed by atoms with Crippen LogP contribution in [0.1, 0.15) is 55.7 Å². The summed E-state index contributed by atoms with van der Waals surface area (Å²) < 4.78 is 6.56. The van der Waals surface area contributed by atoms with Crippen LogP contribution in [0.2, 0.25) is 13.1 Å². The molecule has 0 aromatic heterocycles. The van der Waals surface area contributed by atoms with Crippen molar-refractivity contribution in [3.8, 4) is 0 Å². The Morgan fingerprint density at radius 1 is 0.750 bits per heavy atom. The summed E-state index contributed by atoms with van der Waals surface area (Å²) >= 11 is -3.25. The molecule has 4 heteroatoms. The van der Waals surface area contributed by atoms with Crippen molar-refractivity contribution < 1.29 is 20.9 Å². The first-order chi connectivity index (χ1) is 17.1. The average Bonchev–Trinajstić information content (AvgIpc) is 3.38. The van der Waals surface area contributed by atoms with E-state index >= 15 is 0 Å². The van der Waals surface area contributed by atoms with Crippen molar-refractivity contribution in [3.05, 3.63) is 111 Å². The second-order valence-corrected chi connectivity index (χ2v) is 26.7. The summed E-state index contributed by atoms with van der Waals surface area (Å²) in [6.45, 7) is 16.4. The van der Waals surface area contributed by atoms with E-state index in [0.29, 0.717) is 0 Å². The molecular formula is C32H39NOSiTi. The molecule has 4 rings (SSSR count). The van der Waals surface area contributed by atoms with Gasteiger partial charge in [-0.15, -0.1) is 0 Å². The van der Waals surface area contributed by atoms with E-state index in [1.54, 1.807) is 0 Å². The maximum atomic E-state index is 14.6. The van der Waals surface area contributed by atoms with Crippen LogP contribution in [0.4, 0.5) is 0 Å². The van der Waals surface area contributed by atoms with Gasteiger partial charge in [-0.25, -0.2) is 0 Å². The van der Waals surface area contributed by atoms with E-state index in [1.807, 2.05) is 0 Å². The first-order valence-electron chi connectivity index (χ1n) is 13.0. The molecule has 0 heterocycles. The number of hydrogen-bond acceptors (Lipinski definition) is 1. The van der Waals surface area contributed by atoms with E-state index in [9.17, 15) is 4.79 Å². The third kappa shape index (κ3) is 4.65. The fraction of sp³-hybridized carbons (Fsp3) is 0.281. The molecule has 0 spiro atoms. The van der Waals surface area contributed by atoms with Crippen LogP contribution in [0.3, 0.4) is 0 Å². The van der Waals surface area contributed by atoms with E-state index < -0.39 is 22.8 Å². The van der Waals surface area contributed by atoms with Gasteiger partial charge in [-0.05, 0) is 0 Å². The van der Waals surface area contributed by atoms with Gasteiger partial charge >= 0.3 is 223 Å². The maximum absolute atomic E-state index is 14.6. The van der Waals surface area contributed by atoms with Crippen molar-refractivity contribution in [2.45, 2.75) is 61.1 Å². The number of carbonyl (C=O) groups is 1. The van der Waals surface area contributed by atoms with Gasteiger partial charge in [0.15, 0.2) is 0 Å². The summed E-state index contributed by atoms with van der Waals surface area (Å²) in [5.41, 5.74) is 10.6. The summed E-state index contributed by atoms with van der Waals surface area (Å²) in [5, 5.41) is 0. The van der Waals surface area contributed by atoms with Crippen molar-refractivity contribution in [1.29, 1.82) is 0 Å². The Hall–Kier alpha value is -2.46. The molecule has 0 radical (unpaired) electrons. The molecule has 0 unspecified atom stereocenters. The summed E-state index contributed by atoms with van der Waals surface area (Å²) in [6, 6.07) is 18.0. The van der Waals surface area contributed by atoms with Crippen molar-refractivity contribution in [3.63, 3.8) is 0 Å². The molecule has 1 aliphatic rings. The minimum absolute atomic E-state index is 0.101. The summed E-state index contributed by atoms with van der Waals surface area (Å²) in [6.07, 6.45) is 7.36. The molecule has 2 nitrogen and oxygen atoms in total. The monoisotopic (exact) mass is 529 g/mol. The Kier molecular flexibility index (Phi) is 7.75. The zero-order chi connectivity index (χ0) is 26.2. The predicted molar refractivity (Wildman–Crippen MR) is 155 cm³/mol. The predicted octanol–water partition coefficient (Wildman–Crippen LogP) is 6.31. The van der Waals surface area contributed by atoms with Crippen LogP contribution < -0.4 is 11.5 Å². The van der Waals surface area contributed by atoms with Crippen LogP contribution in [0.5, 0.6) is 0 Å². The molecule has 0 saturated heterocycles. The summed E-state index contributed by atoms with van der Waals surface area (Å²) in [4.78, 5) is 14.6. The SMILES string of the molecule is Cc1cc[c]([Ti]([NH]C(=O)c2c(C)c(C)c(C)c(C)c2C2=CC=CC2)([c]2ccc(C)cc2)[SiH](C)C)cc1. The van der Waals surface area contributed by atoms with Crippen LogP contribution in [0.25, 0.3) is 5.57 Å². The number of carbonyl (C=O) groups excluding carboxylic acids is 1. The molecule has 0 aliphatic heterocycles. The third-order valence-corrected chi connectivity index (χ3v) is 26.2. The molecule has 1 aliphatic carbocycles. The fourth-order valence-corrected chi connectivity index (χ4v) is 20.9. The number of nitrogens with one attached hydrogen (secondary N) is 1. The van der Waals surface area contributed by atoms with Gasteiger partial charge in [0.25, 0.3) is 0 Å². The van der Waals surface area contributed by atoms with Gasteiger partial charge in [0.05, 0.1) is 0 Å². The van der Waals surface area contributed by atoms with E-state index in [2.05, 4.69) is 125 Å². The molecule has 0 atom stereocenters. The number of amides is 1. The summed E-state index contributed by atoms with van der Waals surface area (Å²) in [7, 11) is 0. The Morgan fingerprint density at radius 3 is 1.69 bits per heavy atom. The summed E-state index contributed by atoms with van der Waals surface area (Å²) in [5.74, 6) is 0.101. The molecule has 0 saturated carbocycles. The molecular weight excluding hydrogens is 490 g/mol. The van der Waals surface area contributed by atoms with Crippen LogP contribution in [0, 0.1) is 41.5 Å². The minimum atomic E-state index is -3.25. The van der Waals surface area contributed by atoms with Crippen LogP contribution in [0.15, 0.2) is 66.8 Å². The number of hydrogen-bond donors (Lipinski definition) is 1. The van der Waals surface area contributed by atoms with Gasteiger partial charge < -0.3 is 0 Å². The van der Waals surface area contributed by atoms with Gasteiger partial charge in [0.1, 0.15) is 0 Å². The number of benzene rings is 3. The van der Waals surface area contributed by atoms with Crippen LogP contribution >= 0.6 is 0 Å². The zero-order valence-corrected chi connectivity index (χ0v) is 25.8. The van der Waals surface area contributed by atoms with Gasteiger partial charge in [-0.1, -0.05) is 0 Å². The topological polar surface area (TPSA) is 29.1 Å². The molecule has 1 amide bonds. The molecule has 3 aromatic rings. The number of aryl methyl sites for hydroxylation is 2. The second-order valence-electron chi connectivity index (χ2n) is 10.7. The first kappa shape index (κ1) is 26.6. The van der Waals surface area contributed by atoms with Crippen molar-refractivity contribution in [2.24, 2.45) is 0 Å². The molecule has 1 N–H and O–H groups in total. The second kappa shape index (κ2) is 10.5. The Labute approximate surface area is 222 Å². The van der Waals surface area contributed by atoms with Crippen molar-refractivity contribution >= 4 is 25.9 Å². The number of rotatable bonds is 6. The fourth-order valence-electron chi connectivity index (χ4n) is 5.63.